The highest BCUT2D eigenvalue weighted by Gasteiger charge is 2.33. The van der Waals surface area contributed by atoms with Gasteiger partial charge in [-0.25, -0.2) is 4.98 Å². The Labute approximate surface area is 138 Å². The van der Waals surface area contributed by atoms with E-state index in [1.165, 1.54) is 6.20 Å². The number of ether oxygens (including phenoxy) is 1. The van der Waals surface area contributed by atoms with Gasteiger partial charge in [0.25, 0.3) is 5.91 Å². The highest BCUT2D eigenvalue weighted by molar-refractivity contribution is 6.30. The zero-order chi connectivity index (χ0) is 16.6. The molecule has 0 bridgehead atoms. The first kappa shape index (κ1) is 15.5. The molecule has 0 unspecified atom stereocenters. The van der Waals surface area contributed by atoms with Crippen LogP contribution in [0.5, 0.6) is 5.75 Å². The van der Waals surface area contributed by atoms with Crippen molar-refractivity contribution in [2.24, 2.45) is 11.7 Å². The number of aromatic nitrogens is 1. The number of primary amides is 1. The Hall–Kier alpha value is -2.40. The molecule has 23 heavy (non-hydrogen) atoms. The normalized spacial score (nSPS) is 13.7. The zero-order valence-electron chi connectivity index (χ0n) is 12.5. The number of carbonyl (C=O) groups excluding carboxylic acids is 2. The molecule has 1 aromatic carbocycles. The van der Waals surface area contributed by atoms with E-state index in [1.54, 1.807) is 19.1 Å². The van der Waals surface area contributed by atoms with E-state index >= 15 is 0 Å². The second-order valence-corrected chi connectivity index (χ2v) is 5.98. The Bertz CT molecular complexity index is 800. The van der Waals surface area contributed by atoms with Crippen LogP contribution in [-0.2, 0) is 4.79 Å². The zero-order valence-corrected chi connectivity index (χ0v) is 13.3. The van der Waals surface area contributed by atoms with Crippen LogP contribution in [0.3, 0.4) is 0 Å². The number of benzene rings is 1. The molecule has 1 aliphatic carbocycles. The molecule has 2 aromatic rings. The number of hydrogen-bond donors (Lipinski definition) is 1. The summed E-state index contributed by atoms with van der Waals surface area (Å²) in [5.74, 6) is -1.04. The highest BCUT2D eigenvalue weighted by atomic mass is 35.5. The molecule has 6 heteroatoms. The first-order chi connectivity index (χ1) is 11.0. The van der Waals surface area contributed by atoms with Crippen LogP contribution in [-0.4, -0.2) is 16.9 Å². The van der Waals surface area contributed by atoms with Gasteiger partial charge in [-0.2, -0.15) is 0 Å². The third kappa shape index (κ3) is 3.19. The first-order valence-corrected chi connectivity index (χ1v) is 7.62. The molecule has 3 rings (SSSR count). The Morgan fingerprint density at radius 3 is 2.70 bits per heavy atom. The number of esters is 1. The summed E-state index contributed by atoms with van der Waals surface area (Å²) in [5, 5.41) is 0.581. The van der Waals surface area contributed by atoms with Crippen molar-refractivity contribution in [1.29, 1.82) is 0 Å². The average molecular weight is 331 g/mol. The maximum absolute atomic E-state index is 12.0. The van der Waals surface area contributed by atoms with Gasteiger partial charge in [0, 0.05) is 22.3 Å². The smallest absolute Gasteiger partial charge is 0.314 e. The minimum absolute atomic E-state index is 0.0396. The fraction of sp³-hybridized carbons (Fsp3) is 0.235. The summed E-state index contributed by atoms with van der Waals surface area (Å²) >= 11 is 6.02. The van der Waals surface area contributed by atoms with Crippen LogP contribution in [0.2, 0.25) is 5.02 Å². The van der Waals surface area contributed by atoms with E-state index in [4.69, 9.17) is 22.1 Å². The predicted molar refractivity (Wildman–Crippen MR) is 86.3 cm³/mol. The summed E-state index contributed by atoms with van der Waals surface area (Å²) in [5.41, 5.74) is 7.49. The van der Waals surface area contributed by atoms with Crippen molar-refractivity contribution in [3.05, 3.63) is 46.7 Å². The minimum atomic E-state index is -0.732. The average Bonchev–Trinajstić information content (AvgIpc) is 3.33. The molecular formula is C17H15ClN2O3. The van der Waals surface area contributed by atoms with Crippen LogP contribution in [0, 0.1) is 12.8 Å². The van der Waals surface area contributed by atoms with Crippen LogP contribution < -0.4 is 10.5 Å². The van der Waals surface area contributed by atoms with E-state index in [-0.39, 0.29) is 23.3 Å². The van der Waals surface area contributed by atoms with Gasteiger partial charge in [0.2, 0.25) is 0 Å². The molecule has 1 saturated carbocycles. The van der Waals surface area contributed by atoms with E-state index in [1.807, 2.05) is 12.1 Å². The topological polar surface area (TPSA) is 82.3 Å². The number of carbonyl (C=O) groups is 2. The second-order valence-electron chi connectivity index (χ2n) is 5.54. The van der Waals surface area contributed by atoms with E-state index in [2.05, 4.69) is 4.98 Å². The predicted octanol–water partition coefficient (Wildman–Crippen LogP) is 3.12. The second kappa shape index (κ2) is 6.01. The van der Waals surface area contributed by atoms with Crippen LogP contribution in [0.15, 0.2) is 30.5 Å². The van der Waals surface area contributed by atoms with Crippen LogP contribution in [0.4, 0.5) is 0 Å². The molecule has 0 saturated heterocycles. The van der Waals surface area contributed by atoms with Gasteiger partial charge in [-0.15, -0.1) is 0 Å². The van der Waals surface area contributed by atoms with Gasteiger partial charge in [0.15, 0.2) is 11.4 Å². The SMILES string of the molecule is Cc1c(-c2cccc(Cl)c2)cnc(C(N)=O)c1OC(=O)C1CC1. The van der Waals surface area contributed by atoms with Gasteiger partial charge in [-0.1, -0.05) is 23.7 Å². The lowest BCUT2D eigenvalue weighted by Crippen LogP contribution is -2.19. The maximum atomic E-state index is 12.0. The summed E-state index contributed by atoms with van der Waals surface area (Å²) in [6.45, 7) is 1.76. The van der Waals surface area contributed by atoms with Gasteiger partial charge in [0.1, 0.15) is 0 Å². The summed E-state index contributed by atoms with van der Waals surface area (Å²) in [6.07, 6.45) is 3.16. The fourth-order valence-electron chi connectivity index (χ4n) is 2.33. The van der Waals surface area contributed by atoms with Gasteiger partial charge in [0.05, 0.1) is 5.92 Å². The lowest BCUT2D eigenvalue weighted by molar-refractivity contribution is -0.135. The molecule has 2 N–H and O–H groups in total. The number of nitrogens with zero attached hydrogens (tertiary/aromatic N) is 1. The molecule has 0 spiro atoms. The van der Waals surface area contributed by atoms with E-state index in [0.717, 1.165) is 24.0 Å². The highest BCUT2D eigenvalue weighted by Crippen LogP contribution is 2.35. The third-order valence-corrected chi connectivity index (χ3v) is 4.00. The number of rotatable bonds is 4. The lowest BCUT2D eigenvalue weighted by atomic mass is 10.0. The van der Waals surface area contributed by atoms with Crippen molar-refractivity contribution < 1.29 is 14.3 Å². The molecule has 0 atom stereocenters. The minimum Gasteiger partial charge on any atom is -0.423 e. The van der Waals surface area contributed by atoms with Crippen LogP contribution in [0.25, 0.3) is 11.1 Å². The van der Waals surface area contributed by atoms with Crippen LogP contribution >= 0.6 is 11.6 Å². The van der Waals surface area contributed by atoms with E-state index < -0.39 is 5.91 Å². The lowest BCUT2D eigenvalue weighted by Gasteiger charge is -2.14. The number of halogens is 1. The summed E-state index contributed by atoms with van der Waals surface area (Å²) < 4.78 is 5.42. The summed E-state index contributed by atoms with van der Waals surface area (Å²) in [6, 6.07) is 7.23. The van der Waals surface area contributed by atoms with Gasteiger partial charge >= 0.3 is 5.97 Å². The molecule has 1 amide bonds. The largest absolute Gasteiger partial charge is 0.423 e. The van der Waals surface area contributed by atoms with Crippen molar-refractivity contribution in [3.63, 3.8) is 0 Å². The van der Waals surface area contributed by atoms with Gasteiger partial charge in [-0.3, -0.25) is 9.59 Å². The number of pyridine rings is 1. The molecule has 0 radical (unpaired) electrons. The molecule has 1 fully saturated rings. The fourth-order valence-corrected chi connectivity index (χ4v) is 2.53. The molecule has 1 aromatic heterocycles. The van der Waals surface area contributed by atoms with Crippen molar-refractivity contribution in [3.8, 4) is 16.9 Å². The van der Waals surface area contributed by atoms with Gasteiger partial charge in [-0.05, 0) is 37.5 Å². The van der Waals surface area contributed by atoms with Gasteiger partial charge < -0.3 is 10.5 Å². The van der Waals surface area contributed by atoms with E-state index in [9.17, 15) is 9.59 Å². The molecule has 1 heterocycles. The summed E-state index contributed by atoms with van der Waals surface area (Å²) in [7, 11) is 0. The molecule has 118 valence electrons. The number of nitrogens with two attached hydrogens (primary N) is 1. The van der Waals surface area contributed by atoms with Crippen LogP contribution in [0.1, 0.15) is 28.9 Å². The van der Waals surface area contributed by atoms with Crippen molar-refractivity contribution in [2.45, 2.75) is 19.8 Å². The first-order valence-electron chi connectivity index (χ1n) is 7.24. The molecule has 5 nitrogen and oxygen atoms in total. The Balaban J connectivity index is 2.08. The molecule has 1 aliphatic rings. The molecule has 0 aliphatic heterocycles. The number of hydrogen-bond acceptors (Lipinski definition) is 4. The Kier molecular flexibility index (Phi) is 4.05. The Morgan fingerprint density at radius 1 is 1.35 bits per heavy atom. The van der Waals surface area contributed by atoms with Crippen molar-refractivity contribution >= 4 is 23.5 Å². The monoisotopic (exact) mass is 330 g/mol. The number of amides is 1. The summed E-state index contributed by atoms with van der Waals surface area (Å²) in [4.78, 5) is 27.7. The molecular weight excluding hydrogens is 316 g/mol. The standard InChI is InChI=1S/C17H15ClN2O3/c1-9-13(11-3-2-4-12(18)7-11)8-20-14(16(19)21)15(9)23-17(22)10-5-6-10/h2-4,7-8,10H,5-6H2,1H3,(H2,19,21). The van der Waals surface area contributed by atoms with Crippen molar-refractivity contribution in [2.75, 3.05) is 0 Å². The maximum Gasteiger partial charge on any atom is 0.314 e. The third-order valence-electron chi connectivity index (χ3n) is 3.76. The quantitative estimate of drug-likeness (QED) is 0.873. The van der Waals surface area contributed by atoms with Crippen molar-refractivity contribution in [1.82, 2.24) is 4.98 Å². The Morgan fingerprint density at radius 2 is 2.09 bits per heavy atom. The van der Waals surface area contributed by atoms with E-state index in [0.29, 0.717) is 10.6 Å².